The molecule has 0 aliphatic carbocycles. The van der Waals surface area contributed by atoms with Gasteiger partial charge >= 0.3 is 0 Å². The molecule has 0 spiro atoms. The zero-order valence-corrected chi connectivity index (χ0v) is 25.9. The van der Waals surface area contributed by atoms with Crippen molar-refractivity contribution in [1.29, 1.82) is 0 Å². The van der Waals surface area contributed by atoms with Crippen molar-refractivity contribution in [3.63, 3.8) is 0 Å². The number of hydrazone groups is 1. The molecule has 0 radical (unpaired) electrons. The van der Waals surface area contributed by atoms with Crippen LogP contribution in [-0.4, -0.2) is 35.6 Å². The first-order chi connectivity index (χ1) is 19.8. The molecule has 0 saturated heterocycles. The Balaban J connectivity index is 1.91. The second-order valence-electron chi connectivity index (χ2n) is 10.2. The smallest absolute Gasteiger partial charge is 0.156 e. The van der Waals surface area contributed by atoms with Crippen LogP contribution in [0.5, 0.6) is 5.75 Å². The molecule has 2 aromatic rings. The van der Waals surface area contributed by atoms with E-state index in [4.69, 9.17) is 14.7 Å². The summed E-state index contributed by atoms with van der Waals surface area (Å²) in [5, 5.41) is 9.51. The summed E-state index contributed by atoms with van der Waals surface area (Å²) in [5.41, 5.74) is 5.90. The number of benzene rings is 1. The maximum Gasteiger partial charge on any atom is 0.156 e. The lowest BCUT2D eigenvalue weighted by Gasteiger charge is -2.23. The van der Waals surface area contributed by atoms with Gasteiger partial charge in [0.05, 0.1) is 5.70 Å². The number of nitrogens with zero attached hydrogens (tertiary/aromatic N) is 5. The van der Waals surface area contributed by atoms with Crippen molar-refractivity contribution < 1.29 is 4.74 Å². The fraction of sp³-hybridized carbons (Fsp3) is 0.382. The van der Waals surface area contributed by atoms with E-state index >= 15 is 0 Å². The highest BCUT2D eigenvalue weighted by atomic mass is 16.5. The van der Waals surface area contributed by atoms with E-state index in [2.05, 4.69) is 68.8 Å². The molecule has 1 aliphatic heterocycles. The van der Waals surface area contributed by atoms with Crippen LogP contribution < -0.4 is 15.0 Å². The van der Waals surface area contributed by atoms with E-state index in [1.54, 1.807) is 11.2 Å². The molecule has 1 aromatic heterocycles. The quantitative estimate of drug-likeness (QED) is 0.199. The van der Waals surface area contributed by atoms with Gasteiger partial charge in [0.15, 0.2) is 5.84 Å². The van der Waals surface area contributed by atoms with E-state index in [1.807, 2.05) is 56.6 Å². The van der Waals surface area contributed by atoms with Crippen molar-refractivity contribution in [2.45, 2.75) is 73.6 Å². The number of aliphatic imine (C=N–C) groups is 1. The number of allylic oxidation sites excluding steroid dienone is 3. The van der Waals surface area contributed by atoms with Gasteiger partial charge in [-0.15, -0.1) is 0 Å². The molecule has 0 amide bonds. The lowest BCUT2D eigenvalue weighted by molar-refractivity contribution is 0.421. The molecule has 7 nitrogen and oxygen atoms in total. The number of pyridine rings is 1. The highest BCUT2D eigenvalue weighted by Gasteiger charge is 2.17. The second-order valence-corrected chi connectivity index (χ2v) is 10.2. The zero-order valence-electron chi connectivity index (χ0n) is 25.9. The minimum Gasteiger partial charge on any atom is -0.457 e. The number of amidine groups is 1. The fourth-order valence-corrected chi connectivity index (χ4v) is 4.49. The number of nitrogens with one attached hydrogen (secondary N) is 1. The fourth-order valence-electron chi connectivity index (χ4n) is 4.49. The van der Waals surface area contributed by atoms with Crippen LogP contribution in [0, 0.1) is 13.8 Å². The Morgan fingerprint density at radius 1 is 1.15 bits per heavy atom. The highest BCUT2D eigenvalue weighted by molar-refractivity contribution is 6.08. The van der Waals surface area contributed by atoms with Crippen LogP contribution in [0.4, 0.5) is 11.5 Å². The predicted octanol–water partition coefficient (Wildman–Crippen LogP) is 8.28. The summed E-state index contributed by atoms with van der Waals surface area (Å²) >= 11 is 0. The third kappa shape index (κ3) is 8.68. The number of unbranched alkanes of at least 4 members (excludes halogenated alkanes) is 1. The summed E-state index contributed by atoms with van der Waals surface area (Å²) in [5.74, 6) is 3.24. The van der Waals surface area contributed by atoms with Gasteiger partial charge in [0.1, 0.15) is 23.0 Å². The molecule has 1 aliphatic rings. The van der Waals surface area contributed by atoms with Gasteiger partial charge in [0.2, 0.25) is 0 Å². The lowest BCUT2D eigenvalue weighted by Crippen LogP contribution is -2.24. The van der Waals surface area contributed by atoms with Crippen molar-refractivity contribution in [3.8, 4) is 5.75 Å². The maximum absolute atomic E-state index is 6.18. The Bertz CT molecular complexity index is 1350. The number of rotatable bonds is 13. The third-order valence-corrected chi connectivity index (χ3v) is 6.65. The van der Waals surface area contributed by atoms with Gasteiger partial charge in [0.25, 0.3) is 0 Å². The Morgan fingerprint density at radius 2 is 1.95 bits per heavy atom. The minimum atomic E-state index is 0.708. The standard InChI is InChI=1S/C34H46N6O/c1-9-13-19-35-33(32-26(6)22-28(15-11-3)34(38-32)39(8)20-14-10-2)37-29-16-17-31(25(5)23-29)41-30-18-21-40(36-12-4)27(7)24-30/h12-13,16-19,21-24H,7,9-11,14-15,20H2,1-6,8H3,(H,35,37)/b19-13+,36-12-. The van der Waals surface area contributed by atoms with Gasteiger partial charge in [-0.3, -0.25) is 0 Å². The Kier molecular flexibility index (Phi) is 11.9. The van der Waals surface area contributed by atoms with Crippen LogP contribution in [0.3, 0.4) is 0 Å². The molecule has 0 saturated carbocycles. The van der Waals surface area contributed by atoms with E-state index in [-0.39, 0.29) is 0 Å². The molecule has 3 rings (SSSR count). The first-order valence-corrected chi connectivity index (χ1v) is 14.7. The predicted molar refractivity (Wildman–Crippen MR) is 175 cm³/mol. The molecule has 41 heavy (non-hydrogen) atoms. The van der Waals surface area contributed by atoms with E-state index in [0.717, 1.165) is 84.3 Å². The van der Waals surface area contributed by atoms with Gasteiger partial charge in [-0.1, -0.05) is 52.3 Å². The van der Waals surface area contributed by atoms with Crippen molar-refractivity contribution in [2.24, 2.45) is 10.1 Å². The summed E-state index contributed by atoms with van der Waals surface area (Å²) in [6.45, 7) is 17.6. The molecule has 2 heterocycles. The SMILES string of the molecule is C=C1C=C(Oc2ccc(N/C(=N/C=C/CC)c3nc(N(C)CCCC)c(CCC)cc3C)cc2C)C=CN1/N=C\C. The molecule has 218 valence electrons. The van der Waals surface area contributed by atoms with Crippen LogP contribution in [0.25, 0.3) is 0 Å². The topological polar surface area (TPSA) is 65.3 Å². The van der Waals surface area contributed by atoms with Crippen LogP contribution in [-0.2, 0) is 6.42 Å². The summed E-state index contributed by atoms with van der Waals surface area (Å²) < 4.78 is 6.18. The van der Waals surface area contributed by atoms with Crippen molar-refractivity contribution in [3.05, 3.63) is 95.3 Å². The summed E-state index contributed by atoms with van der Waals surface area (Å²) in [4.78, 5) is 12.3. The minimum absolute atomic E-state index is 0.708. The van der Waals surface area contributed by atoms with Gasteiger partial charge in [-0.05, 0) is 81.0 Å². The Morgan fingerprint density at radius 3 is 2.61 bits per heavy atom. The molecule has 1 N–H and O–H groups in total. The summed E-state index contributed by atoms with van der Waals surface area (Å²) in [7, 11) is 2.14. The number of anilines is 2. The Hall–Kier alpha value is -4.13. The molecule has 0 bridgehead atoms. The largest absolute Gasteiger partial charge is 0.457 e. The molecular weight excluding hydrogens is 508 g/mol. The Labute approximate surface area is 246 Å². The number of aryl methyl sites for hydroxylation is 3. The van der Waals surface area contributed by atoms with E-state index in [1.165, 1.54) is 5.56 Å². The van der Waals surface area contributed by atoms with E-state index < -0.39 is 0 Å². The lowest BCUT2D eigenvalue weighted by atomic mass is 10.1. The number of hydrogen-bond donors (Lipinski definition) is 1. The molecule has 0 unspecified atom stereocenters. The number of ether oxygens (including phenoxy) is 1. The molecule has 7 heteroatoms. The van der Waals surface area contributed by atoms with Crippen LogP contribution in [0.15, 0.2) is 83.0 Å². The normalized spacial score (nSPS) is 13.8. The monoisotopic (exact) mass is 554 g/mol. The van der Waals surface area contributed by atoms with Crippen molar-refractivity contribution in [2.75, 3.05) is 23.8 Å². The van der Waals surface area contributed by atoms with E-state index in [9.17, 15) is 0 Å². The van der Waals surface area contributed by atoms with Crippen molar-refractivity contribution >= 4 is 23.6 Å². The summed E-state index contributed by atoms with van der Waals surface area (Å²) in [6, 6.07) is 8.32. The first kappa shape index (κ1) is 31.4. The van der Waals surface area contributed by atoms with Gasteiger partial charge < -0.3 is 15.0 Å². The zero-order chi connectivity index (χ0) is 29.8. The highest BCUT2D eigenvalue weighted by Crippen LogP contribution is 2.28. The first-order valence-electron chi connectivity index (χ1n) is 14.7. The average Bonchev–Trinajstić information content (AvgIpc) is 2.94. The van der Waals surface area contributed by atoms with Crippen LogP contribution in [0.1, 0.15) is 75.8 Å². The molecule has 0 atom stereocenters. The van der Waals surface area contributed by atoms with Gasteiger partial charge in [-0.2, -0.15) is 5.10 Å². The van der Waals surface area contributed by atoms with Crippen LogP contribution >= 0.6 is 0 Å². The summed E-state index contributed by atoms with van der Waals surface area (Å²) in [6.07, 6.45) is 16.5. The second kappa shape index (κ2) is 15.6. The van der Waals surface area contributed by atoms with Gasteiger partial charge in [0, 0.05) is 44.0 Å². The van der Waals surface area contributed by atoms with Gasteiger partial charge in [-0.25, -0.2) is 15.0 Å². The maximum atomic E-state index is 6.18. The average molecular weight is 555 g/mol. The molecule has 1 aromatic carbocycles. The molecule has 0 fully saturated rings. The van der Waals surface area contributed by atoms with Crippen molar-refractivity contribution in [1.82, 2.24) is 9.99 Å². The number of aromatic nitrogens is 1. The van der Waals surface area contributed by atoms with Crippen LogP contribution in [0.2, 0.25) is 0 Å². The van der Waals surface area contributed by atoms with E-state index in [0.29, 0.717) is 5.76 Å². The third-order valence-electron chi connectivity index (χ3n) is 6.65. The molecular formula is C34H46N6O. The number of hydrogen-bond acceptors (Lipinski definition) is 6.